The molecule has 0 bridgehead atoms. The zero-order valence-corrected chi connectivity index (χ0v) is 25.7. The molecule has 4 saturated carbocycles. The SMILES string of the molecule is O=S(=O)([O-])c1c(C2CCCCC2)cc(Oc2cc(C3CCCCC3)cc(C3CCCCC3)c2)cc1C1CCCCC1. The van der Waals surface area contributed by atoms with Gasteiger partial charge in [-0.2, -0.15) is 0 Å². The van der Waals surface area contributed by atoms with E-state index in [0.29, 0.717) is 17.6 Å². The lowest BCUT2D eigenvalue weighted by Gasteiger charge is -2.31. The van der Waals surface area contributed by atoms with Crippen molar-refractivity contribution in [3.05, 3.63) is 52.6 Å². The fourth-order valence-corrected chi connectivity index (χ4v) is 9.64. The quantitative estimate of drug-likeness (QED) is 0.307. The maximum Gasteiger partial charge on any atom is 0.128 e. The van der Waals surface area contributed by atoms with Gasteiger partial charge in [-0.15, -0.1) is 0 Å². The Kier molecular flexibility index (Phi) is 9.41. The molecule has 0 unspecified atom stereocenters. The molecule has 0 amide bonds. The third kappa shape index (κ3) is 7.04. The van der Waals surface area contributed by atoms with E-state index in [9.17, 15) is 13.0 Å². The van der Waals surface area contributed by atoms with Crippen molar-refractivity contribution in [2.75, 3.05) is 0 Å². The molecule has 0 aliphatic heterocycles. The Morgan fingerprint density at radius 1 is 0.488 bits per heavy atom. The predicted molar refractivity (Wildman–Crippen MR) is 164 cm³/mol. The highest BCUT2D eigenvalue weighted by molar-refractivity contribution is 7.85. The fraction of sp³-hybridized carbons (Fsp3) is 0.667. The monoisotopic (exact) mass is 577 g/mol. The lowest BCUT2D eigenvalue weighted by molar-refractivity contribution is 0.409. The standard InChI is InChI=1S/C36H50O4S/c37-41(38,39)36-34(28-17-9-3-10-18-28)24-33(25-35(36)29-19-11-4-12-20-29)40-32-22-30(26-13-5-1-6-14-26)21-31(23-32)27-15-7-2-8-16-27/h21-29H,1-20H2,(H,37,38,39)/p-1. The molecule has 0 aromatic heterocycles. The lowest BCUT2D eigenvalue weighted by atomic mass is 9.79. The third-order valence-electron chi connectivity index (χ3n) is 10.8. The van der Waals surface area contributed by atoms with Crippen molar-refractivity contribution in [3.8, 4) is 11.5 Å². The maximum absolute atomic E-state index is 12.9. The van der Waals surface area contributed by atoms with Crippen LogP contribution in [-0.4, -0.2) is 13.0 Å². The highest BCUT2D eigenvalue weighted by Gasteiger charge is 2.29. The van der Waals surface area contributed by atoms with Crippen LogP contribution >= 0.6 is 0 Å². The van der Waals surface area contributed by atoms with Crippen molar-refractivity contribution in [3.63, 3.8) is 0 Å². The Morgan fingerprint density at radius 3 is 1.20 bits per heavy atom. The van der Waals surface area contributed by atoms with Crippen molar-refractivity contribution < 1.29 is 17.7 Å². The molecule has 4 aliphatic rings. The molecule has 2 aromatic carbocycles. The molecule has 0 radical (unpaired) electrons. The van der Waals surface area contributed by atoms with Gasteiger partial charge >= 0.3 is 0 Å². The highest BCUT2D eigenvalue weighted by Crippen LogP contribution is 2.46. The first-order valence-electron chi connectivity index (χ1n) is 16.9. The van der Waals surface area contributed by atoms with Crippen LogP contribution in [0.2, 0.25) is 0 Å². The molecule has 6 rings (SSSR count). The Hall–Kier alpha value is -1.85. The highest BCUT2D eigenvalue weighted by atomic mass is 32.2. The van der Waals surface area contributed by atoms with Crippen molar-refractivity contribution in [1.29, 1.82) is 0 Å². The summed E-state index contributed by atoms with van der Waals surface area (Å²) in [6, 6.07) is 10.9. The van der Waals surface area contributed by atoms with Crippen molar-refractivity contribution in [2.45, 2.75) is 157 Å². The van der Waals surface area contributed by atoms with E-state index < -0.39 is 10.1 Å². The third-order valence-corrected chi connectivity index (χ3v) is 11.8. The first kappa shape index (κ1) is 29.2. The van der Waals surface area contributed by atoms with Crippen LogP contribution in [0.3, 0.4) is 0 Å². The van der Waals surface area contributed by atoms with Crippen LogP contribution < -0.4 is 4.74 Å². The number of hydrogen-bond donors (Lipinski definition) is 0. The molecule has 4 nitrogen and oxygen atoms in total. The Balaban J connectivity index is 1.42. The zero-order valence-electron chi connectivity index (χ0n) is 24.9. The van der Waals surface area contributed by atoms with E-state index in [-0.39, 0.29) is 16.7 Å². The summed E-state index contributed by atoms with van der Waals surface area (Å²) in [5.41, 5.74) is 4.30. The number of ether oxygens (including phenoxy) is 1. The minimum Gasteiger partial charge on any atom is -0.744 e. The van der Waals surface area contributed by atoms with Gasteiger partial charge in [0.05, 0.1) is 4.90 Å². The van der Waals surface area contributed by atoms with E-state index in [0.717, 1.165) is 68.2 Å². The van der Waals surface area contributed by atoms with Crippen LogP contribution in [0.25, 0.3) is 0 Å². The molecule has 0 atom stereocenters. The minimum atomic E-state index is -4.60. The summed E-state index contributed by atoms with van der Waals surface area (Å²) in [6.07, 6.45) is 23.4. The molecule has 224 valence electrons. The molecule has 0 spiro atoms. The second-order valence-corrected chi connectivity index (χ2v) is 15.0. The normalized spacial score (nSPS) is 22.6. The van der Waals surface area contributed by atoms with Crippen LogP contribution in [0, 0.1) is 0 Å². The van der Waals surface area contributed by atoms with Crippen LogP contribution in [0.15, 0.2) is 35.2 Å². The number of rotatable bonds is 7. The van der Waals surface area contributed by atoms with E-state index in [1.54, 1.807) is 0 Å². The summed E-state index contributed by atoms with van der Waals surface area (Å²) < 4.78 is 45.4. The molecule has 0 N–H and O–H groups in total. The second kappa shape index (κ2) is 13.2. The Labute approximate surface area is 248 Å². The van der Waals surface area contributed by atoms with Crippen LogP contribution in [0.5, 0.6) is 11.5 Å². The van der Waals surface area contributed by atoms with Crippen molar-refractivity contribution >= 4 is 10.1 Å². The molecule has 4 fully saturated rings. The molecule has 4 aliphatic carbocycles. The molecular weight excluding hydrogens is 528 g/mol. The van der Waals surface area contributed by atoms with Gasteiger partial charge in [0.15, 0.2) is 0 Å². The van der Waals surface area contributed by atoms with Gasteiger partial charge in [0.25, 0.3) is 0 Å². The summed E-state index contributed by atoms with van der Waals surface area (Å²) >= 11 is 0. The van der Waals surface area contributed by atoms with Crippen molar-refractivity contribution in [1.82, 2.24) is 0 Å². The largest absolute Gasteiger partial charge is 0.744 e. The van der Waals surface area contributed by atoms with Gasteiger partial charge in [0.2, 0.25) is 0 Å². The molecular formula is C36H49O4S-. The molecule has 0 saturated heterocycles. The number of benzene rings is 2. The van der Waals surface area contributed by atoms with Gasteiger partial charge in [-0.05, 0) is 122 Å². The molecule has 2 aromatic rings. The summed E-state index contributed by atoms with van der Waals surface area (Å²) in [5, 5.41) is 0. The first-order chi connectivity index (χ1) is 20.0. The van der Waals surface area contributed by atoms with E-state index >= 15 is 0 Å². The van der Waals surface area contributed by atoms with E-state index in [2.05, 4.69) is 18.2 Å². The van der Waals surface area contributed by atoms with Gasteiger partial charge in [0.1, 0.15) is 21.6 Å². The van der Waals surface area contributed by atoms with Crippen LogP contribution in [-0.2, 0) is 10.1 Å². The molecule has 5 heteroatoms. The molecule has 0 heterocycles. The average Bonchev–Trinajstić information content (AvgIpc) is 3.02. The van der Waals surface area contributed by atoms with Gasteiger partial charge < -0.3 is 9.29 Å². The van der Waals surface area contributed by atoms with Crippen LogP contribution in [0.4, 0.5) is 0 Å². The topological polar surface area (TPSA) is 66.4 Å². The zero-order chi connectivity index (χ0) is 28.2. The van der Waals surface area contributed by atoms with Gasteiger partial charge in [0, 0.05) is 0 Å². The van der Waals surface area contributed by atoms with Crippen LogP contribution in [0.1, 0.15) is 174 Å². The lowest BCUT2D eigenvalue weighted by Crippen LogP contribution is -2.16. The van der Waals surface area contributed by atoms with Crippen molar-refractivity contribution in [2.24, 2.45) is 0 Å². The fourth-order valence-electron chi connectivity index (χ4n) is 8.61. The maximum atomic E-state index is 12.9. The van der Waals surface area contributed by atoms with Gasteiger partial charge in [-0.3, -0.25) is 0 Å². The van der Waals surface area contributed by atoms with E-state index in [1.165, 1.54) is 88.2 Å². The number of hydrogen-bond acceptors (Lipinski definition) is 4. The van der Waals surface area contributed by atoms with Gasteiger partial charge in [-0.1, -0.05) is 83.1 Å². The molecule has 41 heavy (non-hydrogen) atoms. The second-order valence-electron chi connectivity index (χ2n) is 13.7. The Morgan fingerprint density at radius 2 is 0.829 bits per heavy atom. The summed E-state index contributed by atoms with van der Waals surface area (Å²) in [5.74, 6) is 3.01. The van der Waals surface area contributed by atoms with E-state index in [1.807, 2.05) is 12.1 Å². The minimum absolute atomic E-state index is 0.0856. The average molecular weight is 578 g/mol. The summed E-state index contributed by atoms with van der Waals surface area (Å²) in [7, 11) is -4.60. The summed E-state index contributed by atoms with van der Waals surface area (Å²) in [4.78, 5) is 0.0856. The van der Waals surface area contributed by atoms with Gasteiger partial charge in [-0.25, -0.2) is 8.42 Å². The smallest absolute Gasteiger partial charge is 0.128 e. The predicted octanol–water partition coefficient (Wildman–Crippen LogP) is 10.6. The first-order valence-corrected chi connectivity index (χ1v) is 18.3. The summed E-state index contributed by atoms with van der Waals surface area (Å²) in [6.45, 7) is 0. The van der Waals surface area contributed by atoms with E-state index in [4.69, 9.17) is 4.74 Å². The Bertz CT molecular complexity index is 1200.